The third kappa shape index (κ3) is 2.53. The van der Waals surface area contributed by atoms with Gasteiger partial charge in [-0.15, -0.1) is 11.3 Å². The largest absolute Gasteiger partial charge is 0.349 e. The first-order chi connectivity index (χ1) is 9.93. The Morgan fingerprint density at radius 1 is 1.33 bits per heavy atom. The standard InChI is InChI=1S/C17H26N2OS/c1-16(2)12-6-7-13(9-12)17(16,3)19-15(20)11-18-10-14-5-4-8-21-14/h4-5,8,12-13,18H,6-7,9-11H2,1-3H3,(H,19,20)/t12-,13+,17-/m1/s1. The van der Waals surface area contributed by atoms with Crippen molar-refractivity contribution in [2.24, 2.45) is 17.3 Å². The first kappa shape index (κ1) is 15.0. The average molecular weight is 306 g/mol. The summed E-state index contributed by atoms with van der Waals surface area (Å²) in [5, 5.41) is 8.67. The third-order valence-electron chi connectivity index (χ3n) is 6.17. The molecular weight excluding hydrogens is 280 g/mol. The molecule has 2 bridgehead atoms. The van der Waals surface area contributed by atoms with Gasteiger partial charge in [0.05, 0.1) is 6.54 Å². The van der Waals surface area contributed by atoms with Crippen molar-refractivity contribution in [2.45, 2.75) is 52.1 Å². The lowest BCUT2D eigenvalue weighted by Gasteiger charge is -2.48. The molecule has 0 unspecified atom stereocenters. The quantitative estimate of drug-likeness (QED) is 0.877. The molecule has 2 N–H and O–H groups in total. The second-order valence-electron chi connectivity index (χ2n) is 7.36. The van der Waals surface area contributed by atoms with Crippen LogP contribution in [0.15, 0.2) is 17.5 Å². The first-order valence-electron chi connectivity index (χ1n) is 7.97. The van der Waals surface area contributed by atoms with Crippen LogP contribution in [0.5, 0.6) is 0 Å². The lowest BCUT2D eigenvalue weighted by Crippen LogP contribution is -2.60. The van der Waals surface area contributed by atoms with Gasteiger partial charge in [-0.1, -0.05) is 19.9 Å². The maximum Gasteiger partial charge on any atom is 0.234 e. The highest BCUT2D eigenvalue weighted by atomic mass is 32.1. The Hall–Kier alpha value is -0.870. The van der Waals surface area contributed by atoms with Gasteiger partial charge in [-0.05, 0) is 54.9 Å². The number of nitrogens with one attached hydrogen (secondary N) is 2. The summed E-state index contributed by atoms with van der Waals surface area (Å²) in [5.74, 6) is 1.56. The van der Waals surface area contributed by atoms with Gasteiger partial charge in [-0.3, -0.25) is 4.79 Å². The number of carbonyl (C=O) groups excluding carboxylic acids is 1. The summed E-state index contributed by atoms with van der Waals surface area (Å²) in [6.45, 7) is 8.10. The Balaban J connectivity index is 1.54. The van der Waals surface area contributed by atoms with E-state index in [9.17, 15) is 4.79 Å². The fourth-order valence-corrected chi connectivity index (χ4v) is 5.10. The number of hydrogen-bond acceptors (Lipinski definition) is 3. The normalized spacial score (nSPS) is 33.3. The van der Waals surface area contributed by atoms with Crippen LogP contribution in [-0.4, -0.2) is 18.0 Å². The topological polar surface area (TPSA) is 41.1 Å². The summed E-state index contributed by atoms with van der Waals surface area (Å²) < 4.78 is 0. The van der Waals surface area contributed by atoms with Crippen molar-refractivity contribution in [1.29, 1.82) is 0 Å². The molecule has 2 aliphatic carbocycles. The summed E-state index contributed by atoms with van der Waals surface area (Å²) in [7, 11) is 0. The highest BCUT2D eigenvalue weighted by Crippen LogP contribution is 2.61. The van der Waals surface area contributed by atoms with Crippen molar-refractivity contribution in [1.82, 2.24) is 10.6 Å². The van der Waals surface area contributed by atoms with Gasteiger partial charge in [-0.2, -0.15) is 0 Å². The van der Waals surface area contributed by atoms with Crippen molar-refractivity contribution in [2.75, 3.05) is 6.54 Å². The van der Waals surface area contributed by atoms with E-state index in [1.54, 1.807) is 11.3 Å². The van der Waals surface area contributed by atoms with E-state index >= 15 is 0 Å². The predicted octanol–water partition coefficient (Wildman–Crippen LogP) is 3.17. The lowest BCUT2D eigenvalue weighted by molar-refractivity contribution is -0.124. The molecule has 1 heterocycles. The second kappa shape index (κ2) is 5.40. The summed E-state index contributed by atoms with van der Waals surface area (Å²) in [6.07, 6.45) is 3.89. The van der Waals surface area contributed by atoms with E-state index in [0.717, 1.165) is 12.5 Å². The van der Waals surface area contributed by atoms with E-state index in [1.165, 1.54) is 24.1 Å². The van der Waals surface area contributed by atoms with Crippen LogP contribution in [0.2, 0.25) is 0 Å². The number of carbonyl (C=O) groups is 1. The van der Waals surface area contributed by atoms with Crippen LogP contribution in [0.25, 0.3) is 0 Å². The van der Waals surface area contributed by atoms with E-state index in [2.05, 4.69) is 42.9 Å². The maximum absolute atomic E-state index is 12.3. The first-order valence-corrected chi connectivity index (χ1v) is 8.85. The molecule has 116 valence electrons. The van der Waals surface area contributed by atoms with Gasteiger partial charge in [0, 0.05) is 17.0 Å². The summed E-state index contributed by atoms with van der Waals surface area (Å²) >= 11 is 1.72. The minimum absolute atomic E-state index is 0.0440. The molecule has 2 saturated carbocycles. The van der Waals surface area contributed by atoms with E-state index in [1.807, 2.05) is 6.07 Å². The van der Waals surface area contributed by atoms with Crippen LogP contribution >= 0.6 is 11.3 Å². The fraction of sp³-hybridized carbons (Fsp3) is 0.706. The van der Waals surface area contributed by atoms with Gasteiger partial charge in [0.2, 0.25) is 5.91 Å². The molecule has 2 aliphatic rings. The molecule has 0 spiro atoms. The average Bonchev–Trinajstić information content (AvgIpc) is 3.11. The lowest BCUT2D eigenvalue weighted by atomic mass is 9.64. The van der Waals surface area contributed by atoms with E-state index in [-0.39, 0.29) is 16.9 Å². The Bertz CT molecular complexity index is 511. The number of hydrogen-bond donors (Lipinski definition) is 2. The second-order valence-corrected chi connectivity index (χ2v) is 8.39. The van der Waals surface area contributed by atoms with E-state index < -0.39 is 0 Å². The molecule has 0 aromatic carbocycles. The minimum atomic E-state index is -0.0440. The molecule has 3 atom stereocenters. The van der Waals surface area contributed by atoms with Gasteiger partial charge in [0.15, 0.2) is 0 Å². The van der Waals surface area contributed by atoms with Crippen LogP contribution in [0.4, 0.5) is 0 Å². The molecule has 1 aromatic heterocycles. The van der Waals surface area contributed by atoms with E-state index in [0.29, 0.717) is 12.5 Å². The molecule has 1 aromatic rings. The van der Waals surface area contributed by atoms with Gasteiger partial charge in [-0.25, -0.2) is 0 Å². The Morgan fingerprint density at radius 3 is 2.71 bits per heavy atom. The highest BCUT2D eigenvalue weighted by Gasteiger charge is 2.60. The molecule has 0 radical (unpaired) electrons. The Morgan fingerprint density at radius 2 is 2.10 bits per heavy atom. The number of fused-ring (bicyclic) bond motifs is 2. The molecule has 3 nitrogen and oxygen atoms in total. The molecule has 1 amide bonds. The molecule has 0 saturated heterocycles. The summed E-state index contributed by atoms with van der Waals surface area (Å²) in [6, 6.07) is 4.14. The molecule has 2 fully saturated rings. The molecule has 4 heteroatoms. The zero-order chi connectivity index (χ0) is 15.1. The van der Waals surface area contributed by atoms with Gasteiger partial charge < -0.3 is 10.6 Å². The van der Waals surface area contributed by atoms with Gasteiger partial charge >= 0.3 is 0 Å². The third-order valence-corrected chi connectivity index (χ3v) is 7.05. The smallest absolute Gasteiger partial charge is 0.234 e. The number of thiophene rings is 1. The zero-order valence-corrected chi connectivity index (χ0v) is 14.1. The van der Waals surface area contributed by atoms with Crippen LogP contribution in [0.1, 0.15) is 44.9 Å². The van der Waals surface area contributed by atoms with Crippen molar-refractivity contribution >= 4 is 17.2 Å². The molecule has 3 rings (SSSR count). The fourth-order valence-electron chi connectivity index (χ4n) is 4.42. The van der Waals surface area contributed by atoms with Crippen LogP contribution in [0.3, 0.4) is 0 Å². The van der Waals surface area contributed by atoms with Crippen molar-refractivity contribution in [3.63, 3.8) is 0 Å². The van der Waals surface area contributed by atoms with Gasteiger partial charge in [0.1, 0.15) is 0 Å². The molecular formula is C17H26N2OS. The predicted molar refractivity (Wildman–Crippen MR) is 87.2 cm³/mol. The summed E-state index contributed by atoms with van der Waals surface area (Å²) in [4.78, 5) is 13.6. The minimum Gasteiger partial charge on any atom is -0.349 e. The molecule has 0 aliphatic heterocycles. The monoisotopic (exact) mass is 306 g/mol. The number of amides is 1. The molecule has 21 heavy (non-hydrogen) atoms. The van der Waals surface area contributed by atoms with Crippen LogP contribution in [0, 0.1) is 17.3 Å². The zero-order valence-electron chi connectivity index (χ0n) is 13.2. The SMILES string of the molecule is CC1(C)[C@@H]2CC[C@@H](C2)[C@@]1(C)NC(=O)CNCc1cccs1. The maximum atomic E-state index is 12.3. The van der Waals surface area contributed by atoms with Crippen LogP contribution in [-0.2, 0) is 11.3 Å². The summed E-state index contributed by atoms with van der Waals surface area (Å²) in [5.41, 5.74) is 0.164. The van der Waals surface area contributed by atoms with E-state index in [4.69, 9.17) is 0 Å². The van der Waals surface area contributed by atoms with Crippen molar-refractivity contribution < 1.29 is 4.79 Å². The van der Waals surface area contributed by atoms with Crippen LogP contribution < -0.4 is 10.6 Å². The number of rotatable bonds is 5. The Kier molecular flexibility index (Phi) is 3.87. The van der Waals surface area contributed by atoms with Crippen molar-refractivity contribution in [3.8, 4) is 0 Å². The highest BCUT2D eigenvalue weighted by molar-refractivity contribution is 7.09. The van der Waals surface area contributed by atoms with Crippen molar-refractivity contribution in [3.05, 3.63) is 22.4 Å². The van der Waals surface area contributed by atoms with Gasteiger partial charge in [0.25, 0.3) is 0 Å². The Labute approximate surface area is 131 Å².